The normalized spacial score (nSPS) is 20.7. The van der Waals surface area contributed by atoms with Crippen LogP contribution in [0.4, 0.5) is 0 Å². The fraction of sp³-hybridized carbons (Fsp3) is 0.667. The minimum Gasteiger partial charge on any atom is -0.543 e. The summed E-state index contributed by atoms with van der Waals surface area (Å²) in [4.78, 5) is 12.3. The van der Waals surface area contributed by atoms with Crippen molar-refractivity contribution in [2.45, 2.75) is 77.7 Å². The van der Waals surface area contributed by atoms with Gasteiger partial charge < -0.3 is 14.5 Å². The third kappa shape index (κ3) is 4.49. The van der Waals surface area contributed by atoms with E-state index in [2.05, 4.69) is 57.4 Å². The third-order valence-electron chi connectivity index (χ3n) is 5.83. The predicted molar refractivity (Wildman–Crippen MR) is 109 cm³/mol. The van der Waals surface area contributed by atoms with E-state index in [0.717, 1.165) is 24.2 Å². The number of carbonyl (C=O) groups is 1. The third-order valence-corrected chi connectivity index (χ3v) is 10.2. The fourth-order valence-electron chi connectivity index (χ4n) is 3.01. The second-order valence-electron chi connectivity index (χ2n) is 9.18. The average molecular weight is 378 g/mol. The molecule has 0 fully saturated rings. The molecule has 0 aromatic heterocycles. The standard InChI is InChI=1S/C21H35NO3Si/c1-14(2)20(23)22-19-17-13-16(25-26(7,8)21(3,4)5)11-9-15(17)10-12-18(19)24-6/h9,11,13-14,18-19H,10,12H2,1-8H3,(H,22,23)/t18-,19+/m0/s1. The van der Waals surface area contributed by atoms with Crippen molar-refractivity contribution in [1.82, 2.24) is 5.32 Å². The van der Waals surface area contributed by atoms with E-state index >= 15 is 0 Å². The number of hydrogen-bond acceptors (Lipinski definition) is 3. The number of methoxy groups -OCH3 is 1. The first-order valence-corrected chi connectivity index (χ1v) is 12.5. The quantitative estimate of drug-likeness (QED) is 0.747. The molecule has 2 atom stereocenters. The molecule has 0 unspecified atom stereocenters. The number of rotatable bonds is 5. The monoisotopic (exact) mass is 377 g/mol. The van der Waals surface area contributed by atoms with Gasteiger partial charge in [-0.2, -0.15) is 0 Å². The van der Waals surface area contributed by atoms with Crippen molar-refractivity contribution < 1.29 is 14.0 Å². The summed E-state index contributed by atoms with van der Waals surface area (Å²) in [6.45, 7) is 15.1. The molecular formula is C21H35NO3Si. The van der Waals surface area contributed by atoms with Crippen molar-refractivity contribution in [2.24, 2.45) is 5.92 Å². The number of nitrogens with one attached hydrogen (secondary N) is 1. The van der Waals surface area contributed by atoms with E-state index in [0.29, 0.717) is 0 Å². The Kier molecular flexibility index (Phi) is 6.23. The second kappa shape index (κ2) is 7.73. The summed E-state index contributed by atoms with van der Waals surface area (Å²) in [5.74, 6) is 0.904. The molecule has 0 heterocycles. The lowest BCUT2D eigenvalue weighted by Gasteiger charge is -2.38. The average Bonchev–Trinajstić information content (AvgIpc) is 2.53. The molecule has 1 amide bonds. The first-order chi connectivity index (χ1) is 12.0. The molecule has 2 rings (SSSR count). The highest BCUT2D eigenvalue weighted by Crippen LogP contribution is 2.39. The SMILES string of the molecule is CO[C@H]1CCc2ccc(O[Si](C)(C)C(C)(C)C)cc2[C@H]1NC(=O)C(C)C. The Bertz CT molecular complexity index is 649. The maximum Gasteiger partial charge on any atom is 0.250 e. The number of ether oxygens (including phenoxy) is 1. The minimum atomic E-state index is -1.91. The van der Waals surface area contributed by atoms with Gasteiger partial charge in [-0.05, 0) is 54.2 Å². The molecule has 1 aliphatic carbocycles. The van der Waals surface area contributed by atoms with Gasteiger partial charge >= 0.3 is 0 Å². The molecule has 0 saturated heterocycles. The van der Waals surface area contributed by atoms with Crippen LogP contribution in [-0.4, -0.2) is 27.4 Å². The lowest BCUT2D eigenvalue weighted by molar-refractivity contribution is -0.126. The van der Waals surface area contributed by atoms with Gasteiger partial charge in [-0.1, -0.05) is 40.7 Å². The van der Waals surface area contributed by atoms with Crippen molar-refractivity contribution in [3.63, 3.8) is 0 Å². The second-order valence-corrected chi connectivity index (χ2v) is 13.9. The van der Waals surface area contributed by atoms with Crippen LogP contribution in [0.5, 0.6) is 5.75 Å². The first-order valence-electron chi connectivity index (χ1n) is 9.61. The Labute approximate surface area is 159 Å². The van der Waals surface area contributed by atoms with Crippen LogP contribution in [0, 0.1) is 5.92 Å². The summed E-state index contributed by atoms with van der Waals surface area (Å²) in [6, 6.07) is 6.22. The summed E-state index contributed by atoms with van der Waals surface area (Å²) in [6.07, 6.45) is 1.87. The largest absolute Gasteiger partial charge is 0.543 e. The highest BCUT2D eigenvalue weighted by molar-refractivity contribution is 6.74. The number of benzene rings is 1. The number of carbonyl (C=O) groups excluding carboxylic acids is 1. The Morgan fingerprint density at radius 3 is 2.46 bits per heavy atom. The van der Waals surface area contributed by atoms with Crippen LogP contribution in [0.25, 0.3) is 0 Å². The molecule has 26 heavy (non-hydrogen) atoms. The van der Waals surface area contributed by atoms with Crippen LogP contribution < -0.4 is 9.74 Å². The van der Waals surface area contributed by atoms with E-state index in [4.69, 9.17) is 9.16 Å². The van der Waals surface area contributed by atoms with Gasteiger partial charge in [-0.25, -0.2) is 0 Å². The molecule has 1 aliphatic rings. The van der Waals surface area contributed by atoms with E-state index in [-0.39, 0.29) is 29.0 Å². The summed E-state index contributed by atoms with van der Waals surface area (Å²) in [7, 11) is -0.184. The summed E-state index contributed by atoms with van der Waals surface area (Å²) in [5, 5.41) is 3.33. The molecule has 1 aromatic rings. The van der Waals surface area contributed by atoms with E-state index in [1.54, 1.807) is 7.11 Å². The van der Waals surface area contributed by atoms with Crippen molar-refractivity contribution in [1.29, 1.82) is 0 Å². The van der Waals surface area contributed by atoms with Gasteiger partial charge in [0.1, 0.15) is 5.75 Å². The van der Waals surface area contributed by atoms with Gasteiger partial charge in [0.2, 0.25) is 14.2 Å². The van der Waals surface area contributed by atoms with Gasteiger partial charge in [0.25, 0.3) is 0 Å². The van der Waals surface area contributed by atoms with Crippen LogP contribution >= 0.6 is 0 Å². The molecule has 5 heteroatoms. The molecule has 0 radical (unpaired) electrons. The molecule has 0 saturated carbocycles. The number of hydrogen-bond donors (Lipinski definition) is 1. The van der Waals surface area contributed by atoms with Gasteiger partial charge in [0, 0.05) is 13.0 Å². The van der Waals surface area contributed by atoms with Gasteiger partial charge in [0.15, 0.2) is 0 Å². The Morgan fingerprint density at radius 1 is 1.27 bits per heavy atom. The zero-order chi connectivity index (χ0) is 19.7. The Balaban J connectivity index is 2.36. The number of aryl methyl sites for hydroxylation is 1. The summed E-state index contributed by atoms with van der Waals surface area (Å²) < 4.78 is 12.2. The highest BCUT2D eigenvalue weighted by atomic mass is 28.4. The zero-order valence-electron chi connectivity index (χ0n) is 17.6. The van der Waals surface area contributed by atoms with E-state index < -0.39 is 8.32 Å². The van der Waals surface area contributed by atoms with Crippen LogP contribution in [0.3, 0.4) is 0 Å². The van der Waals surface area contributed by atoms with Crippen LogP contribution in [-0.2, 0) is 16.0 Å². The predicted octanol–water partition coefficient (Wildman–Crippen LogP) is 4.85. The number of fused-ring (bicyclic) bond motifs is 1. The van der Waals surface area contributed by atoms with Crippen LogP contribution in [0.1, 0.15) is 58.2 Å². The first kappa shape index (κ1) is 21.0. The van der Waals surface area contributed by atoms with Crippen LogP contribution in [0.2, 0.25) is 18.1 Å². The highest BCUT2D eigenvalue weighted by Gasteiger charge is 2.39. The maximum absolute atomic E-state index is 12.3. The van der Waals surface area contributed by atoms with Gasteiger partial charge in [-0.3, -0.25) is 4.79 Å². The molecule has 0 spiro atoms. The van der Waals surface area contributed by atoms with Crippen molar-refractivity contribution in [3.8, 4) is 5.75 Å². The van der Waals surface area contributed by atoms with Crippen molar-refractivity contribution >= 4 is 14.2 Å². The fourth-order valence-corrected chi connectivity index (χ4v) is 4.03. The molecule has 1 N–H and O–H groups in total. The smallest absolute Gasteiger partial charge is 0.250 e. The van der Waals surface area contributed by atoms with Crippen LogP contribution in [0.15, 0.2) is 18.2 Å². The van der Waals surface area contributed by atoms with E-state index in [1.807, 2.05) is 13.8 Å². The molecule has 4 nitrogen and oxygen atoms in total. The Hall–Kier alpha value is -1.33. The maximum atomic E-state index is 12.3. The summed E-state index contributed by atoms with van der Waals surface area (Å²) in [5.41, 5.74) is 2.41. The molecule has 146 valence electrons. The van der Waals surface area contributed by atoms with Crippen molar-refractivity contribution in [2.75, 3.05) is 7.11 Å². The lowest BCUT2D eigenvalue weighted by Crippen LogP contribution is -2.44. The van der Waals surface area contributed by atoms with Gasteiger partial charge in [-0.15, -0.1) is 0 Å². The molecule has 1 aromatic carbocycles. The van der Waals surface area contributed by atoms with Gasteiger partial charge in [0.05, 0.1) is 12.1 Å². The Morgan fingerprint density at radius 2 is 1.92 bits per heavy atom. The number of amides is 1. The lowest BCUT2D eigenvalue weighted by atomic mass is 9.85. The topological polar surface area (TPSA) is 47.6 Å². The van der Waals surface area contributed by atoms with E-state index in [9.17, 15) is 4.79 Å². The summed E-state index contributed by atoms with van der Waals surface area (Å²) >= 11 is 0. The molecule has 0 aliphatic heterocycles. The van der Waals surface area contributed by atoms with Crippen molar-refractivity contribution in [3.05, 3.63) is 29.3 Å². The minimum absolute atomic E-state index is 0.00618. The molecular weight excluding hydrogens is 342 g/mol. The molecule has 0 bridgehead atoms. The van der Waals surface area contributed by atoms with E-state index in [1.165, 1.54) is 5.56 Å². The zero-order valence-corrected chi connectivity index (χ0v) is 18.6.